The fourth-order valence-corrected chi connectivity index (χ4v) is 2.00. The molecule has 3 amide bonds. The number of ether oxygens (including phenoxy) is 3. The number of rotatable bonds is 8. The number of amides is 3. The molecular weight excluding hydrogens is 364 g/mol. The highest BCUT2D eigenvalue weighted by Crippen LogP contribution is 2.28. The van der Waals surface area contributed by atoms with E-state index < -0.39 is 30.1 Å². The van der Waals surface area contributed by atoms with Crippen LogP contribution in [0, 0.1) is 0 Å². The van der Waals surface area contributed by atoms with E-state index in [4.69, 9.17) is 14.2 Å². The molecule has 8 heteroatoms. The largest absolute Gasteiger partial charge is 0.493 e. The van der Waals surface area contributed by atoms with Gasteiger partial charge in [0.2, 0.25) is 0 Å². The van der Waals surface area contributed by atoms with Crippen molar-refractivity contribution in [1.29, 1.82) is 0 Å². The van der Waals surface area contributed by atoms with E-state index in [-0.39, 0.29) is 0 Å². The van der Waals surface area contributed by atoms with Crippen molar-refractivity contribution in [3.8, 4) is 11.5 Å². The molecule has 0 atom stereocenters. The van der Waals surface area contributed by atoms with Crippen LogP contribution in [0.2, 0.25) is 0 Å². The number of esters is 1. The second-order valence-corrected chi connectivity index (χ2v) is 6.95. The Hall–Kier alpha value is -3.03. The summed E-state index contributed by atoms with van der Waals surface area (Å²) in [6.07, 6.45) is 3.59. The van der Waals surface area contributed by atoms with Gasteiger partial charge in [-0.05, 0) is 51.0 Å². The quantitative estimate of drug-likeness (QED) is 0.521. The number of benzene rings is 1. The number of methoxy groups -OCH3 is 1. The summed E-state index contributed by atoms with van der Waals surface area (Å²) in [4.78, 5) is 34.9. The van der Waals surface area contributed by atoms with E-state index in [1.54, 1.807) is 39.0 Å². The Labute approximate surface area is 165 Å². The molecule has 0 aliphatic heterocycles. The van der Waals surface area contributed by atoms with Crippen LogP contribution in [0.5, 0.6) is 11.5 Å². The highest BCUT2D eigenvalue weighted by Gasteiger charge is 2.16. The maximum atomic E-state index is 11.8. The fraction of sp³-hybridized carbons (Fsp3) is 0.450. The normalized spacial score (nSPS) is 11.0. The minimum absolute atomic E-state index is 0.484. The number of carbonyl (C=O) groups is 3. The second kappa shape index (κ2) is 11.0. The van der Waals surface area contributed by atoms with Crippen LogP contribution < -0.4 is 20.1 Å². The van der Waals surface area contributed by atoms with Gasteiger partial charge >= 0.3 is 12.0 Å². The molecule has 2 N–H and O–H groups in total. The molecular formula is C20H28N2O6. The summed E-state index contributed by atoms with van der Waals surface area (Å²) in [6, 6.07) is 4.58. The minimum Gasteiger partial charge on any atom is -0.493 e. The molecule has 0 fully saturated rings. The number of nitrogens with one attached hydrogen (secondary N) is 2. The summed E-state index contributed by atoms with van der Waals surface area (Å²) >= 11 is 0. The third kappa shape index (κ3) is 9.07. The van der Waals surface area contributed by atoms with Gasteiger partial charge < -0.3 is 19.5 Å². The summed E-state index contributed by atoms with van der Waals surface area (Å²) in [5, 5.41) is 4.65. The van der Waals surface area contributed by atoms with Gasteiger partial charge in [-0.15, -0.1) is 0 Å². The molecule has 0 aliphatic carbocycles. The van der Waals surface area contributed by atoms with Gasteiger partial charge in [0.15, 0.2) is 18.1 Å². The lowest BCUT2D eigenvalue weighted by molar-refractivity contribution is -0.143. The first-order valence-corrected chi connectivity index (χ1v) is 8.92. The lowest BCUT2D eigenvalue weighted by atomic mass is 10.1. The van der Waals surface area contributed by atoms with Crippen LogP contribution in [0.1, 0.15) is 39.7 Å². The maximum absolute atomic E-state index is 11.8. The molecule has 0 spiro atoms. The molecule has 0 radical (unpaired) electrons. The molecule has 0 unspecified atom stereocenters. The standard InChI is InChI=1S/C20H28N2O6/c1-6-11-27-15-9-7-14(12-16(15)26-5)8-10-18(24)28-13-17(23)21-19(25)22-20(2,3)4/h7-10,12H,6,11,13H2,1-5H3,(H2,21,22,23,25)/b10-8+. The van der Waals surface area contributed by atoms with Crippen molar-refractivity contribution in [2.45, 2.75) is 39.7 Å². The van der Waals surface area contributed by atoms with E-state index in [1.165, 1.54) is 19.3 Å². The van der Waals surface area contributed by atoms with Crippen molar-refractivity contribution < 1.29 is 28.6 Å². The second-order valence-electron chi connectivity index (χ2n) is 6.95. The minimum atomic E-state index is -0.720. The van der Waals surface area contributed by atoms with Gasteiger partial charge in [0, 0.05) is 11.6 Å². The van der Waals surface area contributed by atoms with Gasteiger partial charge in [-0.25, -0.2) is 9.59 Å². The molecule has 0 aromatic heterocycles. The van der Waals surface area contributed by atoms with Crippen molar-refractivity contribution in [3.05, 3.63) is 29.8 Å². The summed E-state index contributed by atoms with van der Waals surface area (Å²) < 4.78 is 15.7. The number of hydrogen-bond acceptors (Lipinski definition) is 6. The number of urea groups is 1. The summed E-state index contributed by atoms with van der Waals surface area (Å²) in [5.74, 6) is -0.262. The Morgan fingerprint density at radius 3 is 2.46 bits per heavy atom. The molecule has 0 aliphatic rings. The van der Waals surface area contributed by atoms with Gasteiger partial charge in [0.25, 0.3) is 5.91 Å². The van der Waals surface area contributed by atoms with Crippen molar-refractivity contribution in [2.75, 3.05) is 20.3 Å². The lowest BCUT2D eigenvalue weighted by Crippen LogP contribution is -2.49. The Bertz CT molecular complexity index is 722. The van der Waals surface area contributed by atoms with Gasteiger partial charge in [0.1, 0.15) is 0 Å². The predicted octanol–water partition coefficient (Wildman–Crippen LogP) is 2.66. The zero-order valence-corrected chi connectivity index (χ0v) is 17.0. The van der Waals surface area contributed by atoms with Gasteiger partial charge in [0.05, 0.1) is 13.7 Å². The molecule has 1 rings (SSSR count). The summed E-state index contributed by atoms with van der Waals surface area (Å²) in [6.45, 7) is 7.35. The first kappa shape index (κ1) is 23.0. The summed E-state index contributed by atoms with van der Waals surface area (Å²) in [7, 11) is 1.53. The Balaban J connectivity index is 2.53. The molecule has 1 aromatic rings. The Kier molecular flexibility index (Phi) is 9.01. The fourth-order valence-electron chi connectivity index (χ4n) is 2.00. The van der Waals surface area contributed by atoms with Crippen LogP contribution in [-0.4, -0.2) is 43.8 Å². The molecule has 154 valence electrons. The number of carbonyl (C=O) groups excluding carboxylic acids is 3. The van der Waals surface area contributed by atoms with E-state index in [9.17, 15) is 14.4 Å². The van der Waals surface area contributed by atoms with Gasteiger partial charge in [-0.1, -0.05) is 13.0 Å². The van der Waals surface area contributed by atoms with E-state index in [2.05, 4.69) is 10.6 Å². The van der Waals surface area contributed by atoms with Crippen LogP contribution in [0.15, 0.2) is 24.3 Å². The van der Waals surface area contributed by atoms with E-state index in [0.29, 0.717) is 23.7 Å². The summed E-state index contributed by atoms with van der Waals surface area (Å²) in [5.41, 5.74) is 0.216. The molecule has 0 saturated heterocycles. The van der Waals surface area contributed by atoms with Crippen molar-refractivity contribution in [1.82, 2.24) is 10.6 Å². The molecule has 28 heavy (non-hydrogen) atoms. The number of hydrogen-bond donors (Lipinski definition) is 2. The Morgan fingerprint density at radius 2 is 1.86 bits per heavy atom. The van der Waals surface area contributed by atoms with Crippen LogP contribution in [0.25, 0.3) is 6.08 Å². The van der Waals surface area contributed by atoms with Crippen molar-refractivity contribution in [2.24, 2.45) is 0 Å². The average Bonchev–Trinajstić information content (AvgIpc) is 2.61. The van der Waals surface area contributed by atoms with Crippen LogP contribution in [0.3, 0.4) is 0 Å². The van der Waals surface area contributed by atoms with Gasteiger partial charge in [-0.3, -0.25) is 10.1 Å². The molecule has 1 aromatic carbocycles. The Morgan fingerprint density at radius 1 is 1.14 bits per heavy atom. The molecule has 0 saturated carbocycles. The zero-order valence-electron chi connectivity index (χ0n) is 17.0. The molecule has 0 heterocycles. The zero-order chi connectivity index (χ0) is 21.2. The van der Waals surface area contributed by atoms with E-state index >= 15 is 0 Å². The third-order valence-electron chi connectivity index (χ3n) is 3.15. The monoisotopic (exact) mass is 392 g/mol. The van der Waals surface area contributed by atoms with Crippen LogP contribution in [-0.2, 0) is 14.3 Å². The highest BCUT2D eigenvalue weighted by molar-refractivity contribution is 5.96. The first-order chi connectivity index (χ1) is 13.1. The van der Waals surface area contributed by atoms with Crippen molar-refractivity contribution >= 4 is 24.0 Å². The predicted molar refractivity (Wildman–Crippen MR) is 105 cm³/mol. The third-order valence-corrected chi connectivity index (χ3v) is 3.15. The van der Waals surface area contributed by atoms with Crippen LogP contribution >= 0.6 is 0 Å². The first-order valence-electron chi connectivity index (χ1n) is 8.92. The smallest absolute Gasteiger partial charge is 0.331 e. The SMILES string of the molecule is CCCOc1ccc(/C=C/C(=O)OCC(=O)NC(=O)NC(C)(C)C)cc1OC. The van der Waals surface area contributed by atoms with E-state index in [0.717, 1.165) is 6.42 Å². The lowest BCUT2D eigenvalue weighted by Gasteiger charge is -2.20. The van der Waals surface area contributed by atoms with Gasteiger partial charge in [-0.2, -0.15) is 0 Å². The van der Waals surface area contributed by atoms with Crippen molar-refractivity contribution in [3.63, 3.8) is 0 Å². The number of imide groups is 1. The topological polar surface area (TPSA) is 103 Å². The highest BCUT2D eigenvalue weighted by atomic mass is 16.5. The molecule has 8 nitrogen and oxygen atoms in total. The van der Waals surface area contributed by atoms with Crippen LogP contribution in [0.4, 0.5) is 4.79 Å². The average molecular weight is 392 g/mol. The van der Waals surface area contributed by atoms with E-state index in [1.807, 2.05) is 6.92 Å². The maximum Gasteiger partial charge on any atom is 0.331 e. The molecule has 0 bridgehead atoms.